The van der Waals surface area contributed by atoms with E-state index < -0.39 is 10.9 Å². The summed E-state index contributed by atoms with van der Waals surface area (Å²) in [4.78, 5) is 41.3. The summed E-state index contributed by atoms with van der Waals surface area (Å²) in [7, 11) is 0. The number of rotatable bonds is 6. The van der Waals surface area contributed by atoms with E-state index in [2.05, 4.69) is 4.98 Å². The highest BCUT2D eigenvalue weighted by Crippen LogP contribution is 2.30. The molecule has 0 radical (unpaired) electrons. The number of aryl methyl sites for hydroxylation is 1. The van der Waals surface area contributed by atoms with Gasteiger partial charge in [0.05, 0.1) is 17.0 Å². The summed E-state index contributed by atoms with van der Waals surface area (Å²) >= 11 is 1.45. The summed E-state index contributed by atoms with van der Waals surface area (Å²) in [5.74, 6) is -0.884. The summed E-state index contributed by atoms with van der Waals surface area (Å²) in [5, 5.41) is 13.6. The molecular formula is C22H19N3O5S. The van der Waals surface area contributed by atoms with Gasteiger partial charge in [-0.1, -0.05) is 30.3 Å². The fourth-order valence-corrected chi connectivity index (χ4v) is 4.30. The molecule has 2 heterocycles. The second-order valence-electron chi connectivity index (χ2n) is 7.07. The van der Waals surface area contributed by atoms with Crippen LogP contribution >= 0.6 is 11.3 Å². The van der Waals surface area contributed by atoms with E-state index in [0.29, 0.717) is 30.8 Å². The van der Waals surface area contributed by atoms with Crippen molar-refractivity contribution in [2.24, 2.45) is 0 Å². The van der Waals surface area contributed by atoms with E-state index in [9.17, 15) is 19.7 Å². The van der Waals surface area contributed by atoms with Crippen LogP contribution in [0.2, 0.25) is 0 Å². The fraction of sp³-hybridized carbons (Fsp3) is 0.227. The maximum atomic E-state index is 12.6. The maximum Gasteiger partial charge on any atom is 0.312 e. The van der Waals surface area contributed by atoms with Crippen LogP contribution < -0.4 is 4.90 Å². The molecule has 1 aromatic heterocycles. The number of fused-ring (bicyclic) bond motifs is 1. The van der Waals surface area contributed by atoms with Crippen molar-refractivity contribution in [3.8, 4) is 10.6 Å². The number of anilines is 1. The highest BCUT2D eigenvalue weighted by molar-refractivity contribution is 7.13. The van der Waals surface area contributed by atoms with Gasteiger partial charge in [0.25, 0.3) is 11.6 Å². The molecule has 3 aromatic rings. The van der Waals surface area contributed by atoms with E-state index in [1.807, 2.05) is 30.3 Å². The van der Waals surface area contributed by atoms with Crippen LogP contribution in [0, 0.1) is 10.1 Å². The molecule has 0 spiro atoms. The smallest absolute Gasteiger partial charge is 0.312 e. The summed E-state index contributed by atoms with van der Waals surface area (Å²) in [6, 6.07) is 14.1. The number of nitro groups is 1. The summed E-state index contributed by atoms with van der Waals surface area (Å²) in [6.45, 7) is 0.0959. The van der Waals surface area contributed by atoms with Crippen LogP contribution in [-0.4, -0.2) is 34.9 Å². The minimum atomic E-state index is -0.529. The molecule has 0 unspecified atom stereocenters. The molecular weight excluding hydrogens is 418 g/mol. The minimum absolute atomic E-state index is 0.00221. The average molecular weight is 437 g/mol. The average Bonchev–Trinajstić information content (AvgIpc) is 3.25. The number of amides is 1. The first-order valence-corrected chi connectivity index (χ1v) is 10.6. The molecule has 1 aliphatic rings. The number of thiazole rings is 1. The van der Waals surface area contributed by atoms with Gasteiger partial charge in [-0.25, -0.2) is 4.98 Å². The number of carbonyl (C=O) groups is 2. The lowest BCUT2D eigenvalue weighted by molar-refractivity contribution is -0.384. The van der Waals surface area contributed by atoms with Crippen LogP contribution in [-0.2, 0) is 27.2 Å². The van der Waals surface area contributed by atoms with E-state index in [1.54, 1.807) is 11.4 Å². The number of ether oxygens (including phenoxy) is 1. The number of carbonyl (C=O) groups excluding carboxylic acids is 2. The lowest BCUT2D eigenvalue weighted by Gasteiger charge is -2.29. The Balaban J connectivity index is 1.35. The normalized spacial score (nSPS) is 12.8. The second kappa shape index (κ2) is 9.05. The quantitative estimate of drug-likeness (QED) is 0.330. The van der Waals surface area contributed by atoms with E-state index in [-0.39, 0.29) is 24.6 Å². The molecule has 8 nitrogen and oxygen atoms in total. The monoisotopic (exact) mass is 437 g/mol. The molecule has 2 aromatic carbocycles. The number of hydrogen-bond donors (Lipinski definition) is 0. The van der Waals surface area contributed by atoms with Crippen molar-refractivity contribution in [1.82, 2.24) is 4.98 Å². The summed E-state index contributed by atoms with van der Waals surface area (Å²) in [6.07, 6.45) is 1.34. The molecule has 0 saturated heterocycles. The first-order valence-electron chi connectivity index (χ1n) is 9.74. The third kappa shape index (κ3) is 4.77. The van der Waals surface area contributed by atoms with Crippen LogP contribution in [0.3, 0.4) is 0 Å². The third-order valence-corrected chi connectivity index (χ3v) is 5.89. The highest BCUT2D eigenvalue weighted by Gasteiger charge is 2.25. The van der Waals surface area contributed by atoms with Crippen molar-refractivity contribution < 1.29 is 19.2 Å². The van der Waals surface area contributed by atoms with Gasteiger partial charge in [0.2, 0.25) is 0 Å². The van der Waals surface area contributed by atoms with E-state index in [0.717, 1.165) is 16.1 Å². The Kier molecular flexibility index (Phi) is 6.03. The number of nitro benzene ring substituents is 1. The third-order valence-electron chi connectivity index (χ3n) is 4.95. The van der Waals surface area contributed by atoms with Gasteiger partial charge in [0.15, 0.2) is 6.61 Å². The zero-order valence-corrected chi connectivity index (χ0v) is 17.3. The lowest BCUT2D eigenvalue weighted by atomic mass is 10.0. The van der Waals surface area contributed by atoms with E-state index in [1.165, 1.54) is 28.4 Å². The van der Waals surface area contributed by atoms with Gasteiger partial charge in [-0.15, -0.1) is 11.3 Å². The Morgan fingerprint density at radius 1 is 1.19 bits per heavy atom. The standard InChI is InChI=1S/C22H19N3O5S/c26-20(24-10-4-7-16-11-18(25(28)29)8-9-19(16)24)13-30-21(27)12-17-14-31-22(23-17)15-5-2-1-3-6-15/h1-3,5-6,8-9,11,14H,4,7,10,12-13H2. The minimum Gasteiger partial charge on any atom is -0.455 e. The molecule has 0 fully saturated rings. The van der Waals surface area contributed by atoms with Gasteiger partial charge < -0.3 is 9.64 Å². The van der Waals surface area contributed by atoms with Gasteiger partial charge in [-0.2, -0.15) is 0 Å². The molecule has 0 N–H and O–H groups in total. The van der Waals surface area contributed by atoms with Crippen molar-refractivity contribution in [3.05, 3.63) is 75.3 Å². The number of nitrogens with zero attached hydrogens (tertiary/aromatic N) is 3. The van der Waals surface area contributed by atoms with Crippen molar-refractivity contribution in [2.45, 2.75) is 19.3 Å². The SMILES string of the molecule is O=C(Cc1csc(-c2ccccc2)n1)OCC(=O)N1CCCc2cc([N+](=O)[O-])ccc21. The summed E-state index contributed by atoms with van der Waals surface area (Å²) in [5.41, 5.74) is 2.95. The largest absolute Gasteiger partial charge is 0.455 e. The van der Waals surface area contributed by atoms with Crippen LogP contribution in [0.1, 0.15) is 17.7 Å². The molecule has 158 valence electrons. The second-order valence-corrected chi connectivity index (χ2v) is 7.92. The van der Waals surface area contributed by atoms with Gasteiger partial charge >= 0.3 is 5.97 Å². The first-order chi connectivity index (χ1) is 15.0. The van der Waals surface area contributed by atoms with Crippen molar-refractivity contribution in [2.75, 3.05) is 18.1 Å². The Hall–Kier alpha value is -3.59. The molecule has 0 atom stereocenters. The van der Waals surface area contributed by atoms with Crippen LogP contribution in [0.25, 0.3) is 10.6 Å². The lowest BCUT2D eigenvalue weighted by Crippen LogP contribution is -2.38. The molecule has 0 bridgehead atoms. The number of aromatic nitrogens is 1. The van der Waals surface area contributed by atoms with Gasteiger partial charge in [0, 0.05) is 35.3 Å². The number of non-ortho nitro benzene ring substituents is 1. The van der Waals surface area contributed by atoms with Crippen molar-refractivity contribution in [1.29, 1.82) is 0 Å². The Bertz CT molecular complexity index is 1130. The first kappa shape index (κ1) is 20.7. The van der Waals surface area contributed by atoms with Gasteiger partial charge in [-0.05, 0) is 24.5 Å². The molecule has 4 rings (SSSR count). The van der Waals surface area contributed by atoms with Crippen molar-refractivity contribution in [3.63, 3.8) is 0 Å². The number of hydrogen-bond acceptors (Lipinski definition) is 7. The van der Waals surface area contributed by atoms with Crippen LogP contribution in [0.4, 0.5) is 11.4 Å². The van der Waals surface area contributed by atoms with E-state index >= 15 is 0 Å². The Morgan fingerprint density at radius 2 is 2.00 bits per heavy atom. The van der Waals surface area contributed by atoms with Gasteiger partial charge in [0.1, 0.15) is 5.01 Å². The number of benzene rings is 2. The summed E-state index contributed by atoms with van der Waals surface area (Å²) < 4.78 is 5.18. The van der Waals surface area contributed by atoms with Crippen molar-refractivity contribution >= 4 is 34.6 Å². The molecule has 9 heteroatoms. The number of esters is 1. The molecule has 0 saturated carbocycles. The molecule has 0 aliphatic carbocycles. The van der Waals surface area contributed by atoms with Crippen LogP contribution in [0.5, 0.6) is 0 Å². The van der Waals surface area contributed by atoms with E-state index in [4.69, 9.17) is 4.74 Å². The van der Waals surface area contributed by atoms with Gasteiger partial charge in [-0.3, -0.25) is 19.7 Å². The Morgan fingerprint density at radius 3 is 2.77 bits per heavy atom. The maximum absolute atomic E-state index is 12.6. The predicted octanol–water partition coefficient (Wildman–Crippen LogP) is 3.78. The van der Waals surface area contributed by atoms with Crippen LogP contribution in [0.15, 0.2) is 53.9 Å². The fourth-order valence-electron chi connectivity index (χ4n) is 3.48. The predicted molar refractivity (Wildman–Crippen MR) is 116 cm³/mol. The highest BCUT2D eigenvalue weighted by atomic mass is 32.1. The Labute approximate surface area is 182 Å². The molecule has 1 aliphatic heterocycles. The molecule has 1 amide bonds. The zero-order valence-electron chi connectivity index (χ0n) is 16.5. The molecule has 31 heavy (non-hydrogen) atoms. The topological polar surface area (TPSA) is 103 Å². The zero-order chi connectivity index (χ0) is 21.8.